The molecule has 1 heterocycles. The fourth-order valence-electron chi connectivity index (χ4n) is 1.68. The van der Waals surface area contributed by atoms with Crippen LogP contribution in [-0.2, 0) is 13.0 Å². The molecule has 4 nitrogen and oxygen atoms in total. The third-order valence-corrected chi connectivity index (χ3v) is 2.73. The molecule has 0 aromatic carbocycles. The van der Waals surface area contributed by atoms with Crippen LogP contribution in [0.15, 0.2) is 6.33 Å². The Morgan fingerprint density at radius 3 is 2.41 bits per heavy atom. The van der Waals surface area contributed by atoms with Crippen molar-refractivity contribution in [2.75, 3.05) is 6.54 Å². The summed E-state index contributed by atoms with van der Waals surface area (Å²) < 4.78 is 1.97. The van der Waals surface area contributed by atoms with Crippen molar-refractivity contribution in [1.29, 1.82) is 0 Å². The molecule has 98 valence electrons. The molecule has 0 radical (unpaired) electrons. The summed E-state index contributed by atoms with van der Waals surface area (Å²) in [7, 11) is 0. The van der Waals surface area contributed by atoms with Gasteiger partial charge in [0.1, 0.15) is 12.2 Å². The second kappa shape index (κ2) is 5.17. The van der Waals surface area contributed by atoms with Gasteiger partial charge in [-0.1, -0.05) is 13.8 Å². The van der Waals surface area contributed by atoms with Crippen LogP contribution >= 0.6 is 0 Å². The van der Waals surface area contributed by atoms with E-state index in [9.17, 15) is 0 Å². The first-order chi connectivity index (χ1) is 7.73. The van der Waals surface area contributed by atoms with Gasteiger partial charge in [0, 0.05) is 25.0 Å². The van der Waals surface area contributed by atoms with Crippen LogP contribution < -0.4 is 5.32 Å². The van der Waals surface area contributed by atoms with Gasteiger partial charge in [-0.05, 0) is 33.1 Å². The van der Waals surface area contributed by atoms with Crippen LogP contribution in [0.4, 0.5) is 0 Å². The zero-order valence-corrected chi connectivity index (χ0v) is 12.0. The molecule has 0 fully saturated rings. The van der Waals surface area contributed by atoms with Crippen LogP contribution in [0.25, 0.3) is 0 Å². The molecule has 1 aromatic rings. The zero-order valence-electron chi connectivity index (χ0n) is 12.0. The van der Waals surface area contributed by atoms with Gasteiger partial charge < -0.3 is 5.32 Å². The van der Waals surface area contributed by atoms with Crippen molar-refractivity contribution >= 4 is 0 Å². The Kier molecular flexibility index (Phi) is 4.31. The maximum absolute atomic E-state index is 4.34. The van der Waals surface area contributed by atoms with Crippen LogP contribution in [0.5, 0.6) is 0 Å². The van der Waals surface area contributed by atoms with Crippen LogP contribution in [0, 0.1) is 5.41 Å². The Hall–Kier alpha value is -0.900. The van der Waals surface area contributed by atoms with Crippen molar-refractivity contribution in [3.63, 3.8) is 0 Å². The van der Waals surface area contributed by atoms with Crippen molar-refractivity contribution in [3.8, 4) is 0 Å². The Labute approximate surface area is 105 Å². The number of hydrogen-bond donors (Lipinski definition) is 1. The predicted molar refractivity (Wildman–Crippen MR) is 70.9 cm³/mol. The first kappa shape index (κ1) is 14.2. The van der Waals surface area contributed by atoms with Gasteiger partial charge in [0.05, 0.1) is 0 Å². The van der Waals surface area contributed by atoms with Crippen LogP contribution in [0.3, 0.4) is 0 Å². The van der Waals surface area contributed by atoms with Crippen molar-refractivity contribution < 1.29 is 0 Å². The summed E-state index contributed by atoms with van der Waals surface area (Å²) in [5.74, 6) is 1.08. The van der Waals surface area contributed by atoms with Gasteiger partial charge in [-0.15, -0.1) is 0 Å². The molecule has 0 spiro atoms. The molecule has 17 heavy (non-hydrogen) atoms. The van der Waals surface area contributed by atoms with E-state index in [2.05, 4.69) is 56.9 Å². The normalized spacial score (nSPS) is 13.1. The van der Waals surface area contributed by atoms with Gasteiger partial charge in [0.15, 0.2) is 0 Å². The lowest BCUT2D eigenvalue weighted by atomic mass is 9.88. The standard InChI is InChI=1S/C13H26N4/c1-7-17-11(14-10-16-17)8-13(5,6)9-15-12(2,3)4/h10,15H,7-9H2,1-6H3. The predicted octanol–water partition coefficient (Wildman–Crippen LogP) is 2.25. The summed E-state index contributed by atoms with van der Waals surface area (Å²) in [4.78, 5) is 4.34. The van der Waals surface area contributed by atoms with Crippen LogP contribution in [-0.4, -0.2) is 26.8 Å². The van der Waals surface area contributed by atoms with Gasteiger partial charge in [0.25, 0.3) is 0 Å². The highest BCUT2D eigenvalue weighted by Crippen LogP contribution is 2.20. The van der Waals surface area contributed by atoms with E-state index in [-0.39, 0.29) is 11.0 Å². The smallest absolute Gasteiger partial charge is 0.138 e. The van der Waals surface area contributed by atoms with E-state index < -0.39 is 0 Å². The Balaban J connectivity index is 2.60. The van der Waals surface area contributed by atoms with E-state index in [1.54, 1.807) is 6.33 Å². The maximum Gasteiger partial charge on any atom is 0.138 e. The lowest BCUT2D eigenvalue weighted by molar-refractivity contribution is 0.281. The van der Waals surface area contributed by atoms with E-state index in [0.717, 1.165) is 25.3 Å². The van der Waals surface area contributed by atoms with Gasteiger partial charge >= 0.3 is 0 Å². The van der Waals surface area contributed by atoms with Crippen molar-refractivity contribution in [3.05, 3.63) is 12.2 Å². The first-order valence-corrected chi connectivity index (χ1v) is 6.35. The second-order valence-corrected chi connectivity index (χ2v) is 6.44. The molecular weight excluding hydrogens is 212 g/mol. The molecule has 1 aromatic heterocycles. The summed E-state index contributed by atoms with van der Waals surface area (Å²) in [6.45, 7) is 15.1. The number of rotatable bonds is 5. The number of nitrogens with one attached hydrogen (secondary N) is 1. The molecule has 1 rings (SSSR count). The number of aromatic nitrogens is 3. The fourth-order valence-corrected chi connectivity index (χ4v) is 1.68. The van der Waals surface area contributed by atoms with E-state index in [1.807, 2.05) is 4.68 Å². The second-order valence-electron chi connectivity index (χ2n) is 6.44. The van der Waals surface area contributed by atoms with Crippen molar-refractivity contribution in [1.82, 2.24) is 20.1 Å². The van der Waals surface area contributed by atoms with Gasteiger partial charge in [-0.2, -0.15) is 5.10 Å². The Morgan fingerprint density at radius 1 is 1.24 bits per heavy atom. The summed E-state index contributed by atoms with van der Waals surface area (Å²) in [5.41, 5.74) is 0.350. The summed E-state index contributed by atoms with van der Waals surface area (Å²) in [6.07, 6.45) is 2.59. The average Bonchev–Trinajstić information content (AvgIpc) is 2.61. The molecule has 0 atom stereocenters. The molecule has 0 amide bonds. The fraction of sp³-hybridized carbons (Fsp3) is 0.846. The summed E-state index contributed by atoms with van der Waals surface area (Å²) in [6, 6.07) is 0. The van der Waals surface area contributed by atoms with Crippen molar-refractivity contribution in [2.24, 2.45) is 5.41 Å². The SMILES string of the molecule is CCn1ncnc1CC(C)(C)CNC(C)(C)C. The van der Waals surface area contributed by atoms with Crippen LogP contribution in [0.2, 0.25) is 0 Å². The van der Waals surface area contributed by atoms with E-state index in [1.165, 1.54) is 0 Å². The van der Waals surface area contributed by atoms with E-state index >= 15 is 0 Å². The summed E-state index contributed by atoms with van der Waals surface area (Å²) >= 11 is 0. The Morgan fingerprint density at radius 2 is 1.88 bits per heavy atom. The molecule has 0 bridgehead atoms. The summed E-state index contributed by atoms with van der Waals surface area (Å²) in [5, 5.41) is 7.77. The van der Waals surface area contributed by atoms with E-state index in [0.29, 0.717) is 0 Å². The molecule has 0 unspecified atom stereocenters. The number of nitrogens with zero attached hydrogens (tertiary/aromatic N) is 3. The minimum atomic E-state index is 0.162. The molecular formula is C13H26N4. The van der Waals surface area contributed by atoms with Crippen molar-refractivity contribution in [2.45, 2.75) is 60.0 Å². The highest BCUT2D eigenvalue weighted by Gasteiger charge is 2.23. The average molecular weight is 238 g/mol. The van der Waals surface area contributed by atoms with Gasteiger partial charge in [0.2, 0.25) is 0 Å². The molecule has 0 aliphatic heterocycles. The number of aryl methyl sites for hydroxylation is 1. The van der Waals surface area contributed by atoms with Gasteiger partial charge in [-0.3, -0.25) is 4.68 Å². The van der Waals surface area contributed by atoms with Crippen LogP contribution in [0.1, 0.15) is 47.4 Å². The third kappa shape index (κ3) is 4.86. The van der Waals surface area contributed by atoms with Gasteiger partial charge in [-0.25, -0.2) is 4.98 Å². The van der Waals surface area contributed by atoms with E-state index in [4.69, 9.17) is 0 Å². The minimum Gasteiger partial charge on any atom is -0.312 e. The highest BCUT2D eigenvalue weighted by atomic mass is 15.3. The maximum atomic E-state index is 4.34. The first-order valence-electron chi connectivity index (χ1n) is 6.35. The molecule has 0 aliphatic carbocycles. The third-order valence-electron chi connectivity index (χ3n) is 2.73. The lowest BCUT2D eigenvalue weighted by Gasteiger charge is -2.30. The number of hydrogen-bond acceptors (Lipinski definition) is 3. The molecule has 4 heteroatoms. The topological polar surface area (TPSA) is 42.7 Å². The largest absolute Gasteiger partial charge is 0.312 e. The monoisotopic (exact) mass is 238 g/mol. The quantitative estimate of drug-likeness (QED) is 0.855. The molecule has 0 aliphatic rings. The molecule has 0 saturated heterocycles. The molecule has 1 N–H and O–H groups in total. The lowest BCUT2D eigenvalue weighted by Crippen LogP contribution is -2.42. The zero-order chi connectivity index (χ0) is 13.1. The highest BCUT2D eigenvalue weighted by molar-refractivity contribution is 4.92. The minimum absolute atomic E-state index is 0.162. The Bertz CT molecular complexity index is 347. The molecule has 0 saturated carbocycles.